The summed E-state index contributed by atoms with van der Waals surface area (Å²) in [5, 5.41) is 13.5. The first kappa shape index (κ1) is 16.8. The third-order valence-electron chi connectivity index (χ3n) is 4.96. The topological polar surface area (TPSA) is 35.5 Å². The van der Waals surface area contributed by atoms with Gasteiger partial charge in [0.1, 0.15) is 5.75 Å². The normalized spacial score (nSPS) is 16.8. The molecule has 128 valence electrons. The molecule has 3 heteroatoms. The van der Waals surface area contributed by atoms with E-state index in [1.54, 1.807) is 0 Å². The maximum atomic E-state index is 10.0. The largest absolute Gasteiger partial charge is 0.508 e. The van der Waals surface area contributed by atoms with Crippen LogP contribution < -0.4 is 5.32 Å². The lowest BCUT2D eigenvalue weighted by molar-refractivity contribution is 0.186. The molecule has 0 spiro atoms. The van der Waals surface area contributed by atoms with Crippen LogP contribution in [0.5, 0.6) is 5.75 Å². The van der Waals surface area contributed by atoms with E-state index in [1.165, 1.54) is 17.7 Å². The van der Waals surface area contributed by atoms with Gasteiger partial charge in [-0.1, -0.05) is 37.3 Å². The first-order valence-corrected chi connectivity index (χ1v) is 9.10. The fraction of sp³-hybridized carbons (Fsp3) is 0.429. The Kier molecular flexibility index (Phi) is 5.76. The molecule has 0 saturated heterocycles. The van der Waals surface area contributed by atoms with Gasteiger partial charge in [0.15, 0.2) is 0 Å². The molecule has 0 aromatic heterocycles. The van der Waals surface area contributed by atoms with Crippen LogP contribution in [-0.2, 0) is 12.8 Å². The third-order valence-corrected chi connectivity index (χ3v) is 4.96. The van der Waals surface area contributed by atoms with Crippen LogP contribution in [0.25, 0.3) is 0 Å². The van der Waals surface area contributed by atoms with Gasteiger partial charge in [-0.25, -0.2) is 0 Å². The molecule has 0 amide bonds. The van der Waals surface area contributed by atoms with Crippen LogP contribution >= 0.6 is 0 Å². The summed E-state index contributed by atoms with van der Waals surface area (Å²) in [6, 6.07) is 16.9. The first-order chi connectivity index (χ1) is 11.8. The number of nitrogens with zero attached hydrogens (tertiary/aromatic N) is 1. The van der Waals surface area contributed by atoms with E-state index in [1.807, 2.05) is 18.2 Å². The fourth-order valence-corrected chi connectivity index (χ4v) is 3.74. The van der Waals surface area contributed by atoms with Gasteiger partial charge in [0.25, 0.3) is 0 Å². The molecule has 3 nitrogen and oxygen atoms in total. The summed E-state index contributed by atoms with van der Waals surface area (Å²) in [4.78, 5) is 2.61. The van der Waals surface area contributed by atoms with E-state index in [0.717, 1.165) is 44.5 Å². The Morgan fingerprint density at radius 1 is 1.08 bits per heavy atom. The SMILES string of the molecule is CCCN(CCNc1ccccc1)C1CCc2c(O)cccc2C1. The number of hydrogen-bond donors (Lipinski definition) is 2. The predicted octanol–water partition coefficient (Wildman–Crippen LogP) is 4.07. The molecule has 1 aliphatic carbocycles. The van der Waals surface area contributed by atoms with Gasteiger partial charge in [-0.2, -0.15) is 0 Å². The van der Waals surface area contributed by atoms with Crippen molar-refractivity contribution in [3.63, 3.8) is 0 Å². The first-order valence-electron chi connectivity index (χ1n) is 9.10. The molecule has 1 aliphatic rings. The minimum absolute atomic E-state index is 0.471. The highest BCUT2D eigenvalue weighted by molar-refractivity contribution is 5.42. The van der Waals surface area contributed by atoms with Crippen molar-refractivity contribution in [3.05, 3.63) is 59.7 Å². The van der Waals surface area contributed by atoms with E-state index in [-0.39, 0.29) is 0 Å². The van der Waals surface area contributed by atoms with Crippen LogP contribution in [0.1, 0.15) is 30.9 Å². The van der Waals surface area contributed by atoms with Gasteiger partial charge < -0.3 is 10.4 Å². The highest BCUT2D eigenvalue weighted by atomic mass is 16.3. The van der Waals surface area contributed by atoms with E-state index < -0.39 is 0 Å². The minimum atomic E-state index is 0.471. The number of hydrogen-bond acceptors (Lipinski definition) is 3. The van der Waals surface area contributed by atoms with Gasteiger partial charge in [0, 0.05) is 24.8 Å². The van der Waals surface area contributed by atoms with Crippen molar-refractivity contribution in [2.45, 2.75) is 38.6 Å². The van der Waals surface area contributed by atoms with Crippen molar-refractivity contribution in [3.8, 4) is 5.75 Å². The van der Waals surface area contributed by atoms with Crippen molar-refractivity contribution in [1.29, 1.82) is 0 Å². The second kappa shape index (κ2) is 8.20. The van der Waals surface area contributed by atoms with Crippen LogP contribution in [0.4, 0.5) is 5.69 Å². The quantitative estimate of drug-likeness (QED) is 0.806. The molecular formula is C21H28N2O. The number of nitrogens with one attached hydrogen (secondary N) is 1. The molecule has 0 fully saturated rings. The van der Waals surface area contributed by atoms with Crippen LogP contribution in [0, 0.1) is 0 Å². The zero-order valence-electron chi connectivity index (χ0n) is 14.5. The molecule has 1 atom stereocenters. The van der Waals surface area contributed by atoms with Gasteiger partial charge in [0.2, 0.25) is 0 Å². The zero-order chi connectivity index (χ0) is 16.8. The fourth-order valence-electron chi connectivity index (χ4n) is 3.74. The zero-order valence-corrected chi connectivity index (χ0v) is 14.5. The molecule has 1 unspecified atom stereocenters. The molecule has 2 aromatic rings. The van der Waals surface area contributed by atoms with Gasteiger partial charge in [-0.3, -0.25) is 4.90 Å². The van der Waals surface area contributed by atoms with Crippen molar-refractivity contribution in [1.82, 2.24) is 4.90 Å². The summed E-state index contributed by atoms with van der Waals surface area (Å²) in [5.41, 5.74) is 3.67. The molecule has 0 radical (unpaired) electrons. The molecule has 0 heterocycles. The van der Waals surface area contributed by atoms with Crippen LogP contribution in [-0.4, -0.2) is 35.7 Å². The van der Waals surface area contributed by atoms with Gasteiger partial charge in [0.05, 0.1) is 0 Å². The summed E-state index contributed by atoms with van der Waals surface area (Å²) in [7, 11) is 0. The number of benzene rings is 2. The summed E-state index contributed by atoms with van der Waals surface area (Å²) in [6.45, 7) is 5.41. The predicted molar refractivity (Wildman–Crippen MR) is 101 cm³/mol. The van der Waals surface area contributed by atoms with Crippen molar-refractivity contribution >= 4 is 5.69 Å². The summed E-state index contributed by atoms with van der Waals surface area (Å²) in [5.74, 6) is 0.471. The molecule has 0 saturated carbocycles. The van der Waals surface area contributed by atoms with Crippen LogP contribution in [0.3, 0.4) is 0 Å². The summed E-state index contributed by atoms with van der Waals surface area (Å²) >= 11 is 0. The number of rotatable bonds is 7. The lowest BCUT2D eigenvalue weighted by Crippen LogP contribution is -2.42. The lowest BCUT2D eigenvalue weighted by Gasteiger charge is -2.35. The van der Waals surface area contributed by atoms with Crippen molar-refractivity contribution < 1.29 is 5.11 Å². The van der Waals surface area contributed by atoms with Gasteiger partial charge in [-0.15, -0.1) is 0 Å². The van der Waals surface area contributed by atoms with E-state index in [4.69, 9.17) is 0 Å². The molecule has 0 bridgehead atoms. The molecular weight excluding hydrogens is 296 g/mol. The summed E-state index contributed by atoms with van der Waals surface area (Å²) in [6.07, 6.45) is 4.35. The average Bonchev–Trinajstić information content (AvgIpc) is 2.62. The maximum absolute atomic E-state index is 10.0. The Bertz CT molecular complexity index is 642. The molecule has 24 heavy (non-hydrogen) atoms. The van der Waals surface area contributed by atoms with Crippen molar-refractivity contribution in [2.24, 2.45) is 0 Å². The van der Waals surface area contributed by atoms with Gasteiger partial charge >= 0.3 is 0 Å². The Morgan fingerprint density at radius 3 is 2.71 bits per heavy atom. The highest BCUT2D eigenvalue weighted by Crippen LogP contribution is 2.30. The number of para-hydroxylation sites is 1. The summed E-state index contributed by atoms with van der Waals surface area (Å²) < 4.78 is 0. The Morgan fingerprint density at radius 2 is 1.92 bits per heavy atom. The Balaban J connectivity index is 1.59. The second-order valence-corrected chi connectivity index (χ2v) is 6.64. The lowest BCUT2D eigenvalue weighted by atomic mass is 9.87. The maximum Gasteiger partial charge on any atom is 0.119 e. The highest BCUT2D eigenvalue weighted by Gasteiger charge is 2.24. The number of aromatic hydroxyl groups is 1. The van der Waals surface area contributed by atoms with E-state index >= 15 is 0 Å². The number of anilines is 1. The average molecular weight is 324 g/mol. The standard InChI is InChI=1S/C21H28N2O/c1-2-14-23(15-13-22-18-8-4-3-5-9-18)19-11-12-20-17(16-19)7-6-10-21(20)24/h3-10,19,22,24H,2,11-16H2,1H3. The Labute approximate surface area is 145 Å². The number of phenolic OH excluding ortho intramolecular Hbond substituents is 1. The molecule has 2 N–H and O–H groups in total. The molecule has 2 aromatic carbocycles. The van der Waals surface area contributed by atoms with Crippen molar-refractivity contribution in [2.75, 3.05) is 25.0 Å². The molecule has 3 rings (SSSR count). The Hall–Kier alpha value is -2.00. The molecule has 0 aliphatic heterocycles. The van der Waals surface area contributed by atoms with E-state index in [9.17, 15) is 5.11 Å². The van der Waals surface area contributed by atoms with Gasteiger partial charge in [-0.05, 0) is 61.6 Å². The number of phenols is 1. The van der Waals surface area contributed by atoms with Crippen LogP contribution in [0.2, 0.25) is 0 Å². The van der Waals surface area contributed by atoms with E-state index in [0.29, 0.717) is 11.8 Å². The van der Waals surface area contributed by atoms with Crippen LogP contribution in [0.15, 0.2) is 48.5 Å². The smallest absolute Gasteiger partial charge is 0.119 e. The second-order valence-electron chi connectivity index (χ2n) is 6.64. The third kappa shape index (κ3) is 4.09. The minimum Gasteiger partial charge on any atom is -0.508 e. The number of fused-ring (bicyclic) bond motifs is 1. The monoisotopic (exact) mass is 324 g/mol. The van der Waals surface area contributed by atoms with E-state index in [2.05, 4.69) is 47.5 Å².